The summed E-state index contributed by atoms with van der Waals surface area (Å²) in [5.41, 5.74) is 4.48. The summed E-state index contributed by atoms with van der Waals surface area (Å²) in [6.45, 7) is 0. The van der Waals surface area contributed by atoms with E-state index >= 15 is 0 Å². The first kappa shape index (κ1) is 12.3. The van der Waals surface area contributed by atoms with Crippen LogP contribution in [0.3, 0.4) is 0 Å². The highest BCUT2D eigenvalue weighted by Gasteiger charge is 2.18. The summed E-state index contributed by atoms with van der Waals surface area (Å²) >= 11 is 0. The SMILES string of the molecule is COc1cccc(C([NH3+])CC(=O)[O-])c1OC. The lowest BCUT2D eigenvalue weighted by molar-refractivity contribution is -0.430. The number of ether oxygens (including phenoxy) is 2. The van der Waals surface area contributed by atoms with Gasteiger partial charge in [0.2, 0.25) is 0 Å². The van der Waals surface area contributed by atoms with Gasteiger partial charge in [-0.05, 0) is 12.1 Å². The van der Waals surface area contributed by atoms with Gasteiger partial charge in [0.1, 0.15) is 6.04 Å². The van der Waals surface area contributed by atoms with E-state index in [0.717, 1.165) is 0 Å². The second kappa shape index (κ2) is 5.37. The maximum absolute atomic E-state index is 10.5. The molecule has 1 atom stereocenters. The molecule has 3 N–H and O–H groups in total. The van der Waals surface area contributed by atoms with E-state index in [0.29, 0.717) is 17.1 Å². The van der Waals surface area contributed by atoms with E-state index in [-0.39, 0.29) is 6.42 Å². The fourth-order valence-electron chi connectivity index (χ4n) is 1.54. The third kappa shape index (κ3) is 2.64. The lowest BCUT2D eigenvalue weighted by atomic mass is 10.0. The third-order valence-corrected chi connectivity index (χ3v) is 2.29. The Kier molecular flexibility index (Phi) is 4.13. The first-order valence-electron chi connectivity index (χ1n) is 4.84. The highest BCUT2D eigenvalue weighted by Crippen LogP contribution is 2.33. The van der Waals surface area contributed by atoms with Gasteiger partial charge in [-0.2, -0.15) is 0 Å². The number of quaternary nitrogens is 1. The van der Waals surface area contributed by atoms with Gasteiger partial charge in [0.25, 0.3) is 0 Å². The number of methoxy groups -OCH3 is 2. The summed E-state index contributed by atoms with van der Waals surface area (Å²) in [6, 6.07) is 4.86. The Bertz CT molecular complexity index is 378. The molecular formula is C11H15NO4. The molecule has 5 heteroatoms. The Morgan fingerprint density at radius 2 is 2.12 bits per heavy atom. The Hall–Kier alpha value is -1.75. The molecule has 1 aromatic rings. The molecule has 0 saturated heterocycles. The zero-order chi connectivity index (χ0) is 12.1. The van der Waals surface area contributed by atoms with E-state index in [1.807, 2.05) is 0 Å². The molecule has 0 aliphatic heterocycles. The van der Waals surface area contributed by atoms with Crippen LogP contribution in [0.5, 0.6) is 11.5 Å². The Labute approximate surface area is 93.8 Å². The van der Waals surface area contributed by atoms with Crippen molar-refractivity contribution in [2.75, 3.05) is 14.2 Å². The van der Waals surface area contributed by atoms with E-state index in [1.54, 1.807) is 18.2 Å². The molecule has 16 heavy (non-hydrogen) atoms. The molecule has 0 spiro atoms. The van der Waals surface area contributed by atoms with Crippen molar-refractivity contribution in [1.29, 1.82) is 0 Å². The van der Waals surface area contributed by atoms with Gasteiger partial charge in [-0.25, -0.2) is 0 Å². The van der Waals surface area contributed by atoms with Crippen LogP contribution in [0.2, 0.25) is 0 Å². The van der Waals surface area contributed by atoms with E-state index in [4.69, 9.17) is 9.47 Å². The van der Waals surface area contributed by atoms with Gasteiger partial charge in [0, 0.05) is 12.4 Å². The topological polar surface area (TPSA) is 86.2 Å². The molecule has 1 rings (SSSR count). The average molecular weight is 225 g/mol. The van der Waals surface area contributed by atoms with Crippen molar-refractivity contribution < 1.29 is 25.1 Å². The van der Waals surface area contributed by atoms with Gasteiger partial charge in [-0.15, -0.1) is 0 Å². The van der Waals surface area contributed by atoms with Crippen LogP contribution in [-0.2, 0) is 4.79 Å². The zero-order valence-corrected chi connectivity index (χ0v) is 9.36. The minimum Gasteiger partial charge on any atom is -0.550 e. The smallest absolute Gasteiger partial charge is 0.169 e. The fraction of sp³-hybridized carbons (Fsp3) is 0.364. The van der Waals surface area contributed by atoms with E-state index < -0.39 is 12.0 Å². The molecule has 88 valence electrons. The van der Waals surface area contributed by atoms with Crippen LogP contribution in [0.4, 0.5) is 0 Å². The fourth-order valence-corrected chi connectivity index (χ4v) is 1.54. The second-order valence-corrected chi connectivity index (χ2v) is 3.36. The molecule has 0 aliphatic rings. The molecule has 1 unspecified atom stereocenters. The summed E-state index contributed by atoms with van der Waals surface area (Å²) in [5, 5.41) is 10.5. The summed E-state index contributed by atoms with van der Waals surface area (Å²) in [6.07, 6.45) is -0.149. The number of aliphatic carboxylic acids is 1. The predicted molar refractivity (Wildman–Crippen MR) is 54.8 cm³/mol. The number of carboxylic acid groups (broad SMARTS) is 1. The first-order chi connectivity index (χ1) is 7.60. The number of rotatable bonds is 5. The number of carbonyl (C=O) groups is 1. The molecule has 0 amide bonds. The van der Waals surface area contributed by atoms with Gasteiger partial charge in [-0.1, -0.05) is 6.07 Å². The zero-order valence-electron chi connectivity index (χ0n) is 9.36. The maximum Gasteiger partial charge on any atom is 0.169 e. The van der Waals surface area contributed by atoms with Crippen molar-refractivity contribution >= 4 is 5.97 Å². The molecule has 0 saturated carbocycles. The van der Waals surface area contributed by atoms with Crippen LogP contribution in [0.15, 0.2) is 18.2 Å². The Morgan fingerprint density at radius 3 is 2.62 bits per heavy atom. The monoisotopic (exact) mass is 225 g/mol. The van der Waals surface area contributed by atoms with Crippen LogP contribution in [-0.4, -0.2) is 20.2 Å². The molecular weight excluding hydrogens is 210 g/mol. The van der Waals surface area contributed by atoms with Gasteiger partial charge < -0.3 is 25.1 Å². The van der Waals surface area contributed by atoms with E-state index in [1.165, 1.54) is 14.2 Å². The van der Waals surface area contributed by atoms with E-state index in [2.05, 4.69) is 5.73 Å². The van der Waals surface area contributed by atoms with Crippen molar-refractivity contribution in [2.45, 2.75) is 12.5 Å². The van der Waals surface area contributed by atoms with E-state index in [9.17, 15) is 9.90 Å². The normalized spacial score (nSPS) is 11.9. The number of hydrogen-bond acceptors (Lipinski definition) is 4. The summed E-state index contributed by atoms with van der Waals surface area (Å²) in [7, 11) is 3.03. The first-order valence-corrected chi connectivity index (χ1v) is 4.84. The average Bonchev–Trinajstić information content (AvgIpc) is 2.26. The second-order valence-electron chi connectivity index (χ2n) is 3.36. The van der Waals surface area contributed by atoms with Gasteiger partial charge in [-0.3, -0.25) is 0 Å². The number of carboxylic acids is 1. The van der Waals surface area contributed by atoms with Crippen molar-refractivity contribution in [2.24, 2.45) is 0 Å². The van der Waals surface area contributed by atoms with Crippen LogP contribution >= 0.6 is 0 Å². The molecule has 0 fully saturated rings. The molecule has 0 bridgehead atoms. The van der Waals surface area contributed by atoms with Crippen LogP contribution in [0, 0.1) is 0 Å². The van der Waals surface area contributed by atoms with Crippen molar-refractivity contribution in [3.8, 4) is 11.5 Å². The van der Waals surface area contributed by atoms with Gasteiger partial charge in [0.15, 0.2) is 11.5 Å². The van der Waals surface area contributed by atoms with Crippen molar-refractivity contribution in [3.05, 3.63) is 23.8 Å². The van der Waals surface area contributed by atoms with Crippen LogP contribution < -0.4 is 20.3 Å². The standard InChI is InChI=1S/C11H15NO4/c1-15-9-5-3-4-7(11(9)16-2)8(12)6-10(13)14/h3-5,8H,6,12H2,1-2H3,(H,13,14). The molecule has 0 aliphatic carbocycles. The minimum absolute atomic E-state index is 0.149. The Balaban J connectivity index is 3.07. The number of carbonyl (C=O) groups excluding carboxylic acids is 1. The lowest BCUT2D eigenvalue weighted by Crippen LogP contribution is -2.55. The number of benzene rings is 1. The highest BCUT2D eigenvalue weighted by molar-refractivity contribution is 5.65. The quantitative estimate of drug-likeness (QED) is 0.705. The Morgan fingerprint density at radius 1 is 1.44 bits per heavy atom. The summed E-state index contributed by atoms with van der Waals surface area (Å²) < 4.78 is 10.3. The van der Waals surface area contributed by atoms with Crippen LogP contribution in [0.1, 0.15) is 18.0 Å². The predicted octanol–water partition coefficient (Wildman–Crippen LogP) is -0.873. The largest absolute Gasteiger partial charge is 0.550 e. The highest BCUT2D eigenvalue weighted by atomic mass is 16.5. The van der Waals surface area contributed by atoms with Gasteiger partial charge in [0.05, 0.1) is 19.8 Å². The minimum atomic E-state index is -1.13. The van der Waals surface area contributed by atoms with Gasteiger partial charge >= 0.3 is 0 Å². The number of hydrogen-bond donors (Lipinski definition) is 1. The summed E-state index contributed by atoms with van der Waals surface area (Å²) in [4.78, 5) is 10.5. The maximum atomic E-state index is 10.5. The molecule has 1 aromatic carbocycles. The molecule has 0 heterocycles. The molecule has 0 aromatic heterocycles. The lowest BCUT2D eigenvalue weighted by Gasteiger charge is -2.15. The molecule has 5 nitrogen and oxygen atoms in total. The summed E-state index contributed by atoms with van der Waals surface area (Å²) in [5.74, 6) is -0.0527. The molecule has 0 radical (unpaired) electrons. The number of para-hydroxylation sites is 1. The van der Waals surface area contributed by atoms with Crippen LogP contribution in [0.25, 0.3) is 0 Å². The third-order valence-electron chi connectivity index (χ3n) is 2.29. The van der Waals surface area contributed by atoms with Crippen molar-refractivity contribution in [3.63, 3.8) is 0 Å². The van der Waals surface area contributed by atoms with Crippen molar-refractivity contribution in [1.82, 2.24) is 0 Å².